The SMILES string of the molecule is Cc1cc(C(/C=C(\F)c2ccc(C(=O)C[C@H](C)CC(=O)CCC(F)(F)F)c(C(F)(F)F)c2)C(F)(F)F)cc(Cl)c1Cl. The van der Waals surface area contributed by atoms with Gasteiger partial charge in [0, 0.05) is 30.4 Å². The third-order valence-electron chi connectivity index (χ3n) is 5.96. The second-order valence-electron chi connectivity index (χ2n) is 9.52. The highest BCUT2D eigenvalue weighted by Crippen LogP contribution is 2.42. The zero-order valence-corrected chi connectivity index (χ0v) is 22.8. The molecule has 14 heteroatoms. The van der Waals surface area contributed by atoms with Crippen molar-refractivity contribution in [3.63, 3.8) is 0 Å². The highest BCUT2D eigenvalue weighted by atomic mass is 35.5. The molecule has 0 N–H and O–H groups in total. The standard InChI is InChI=1S/C27H22Cl2F10O2/c1-13(7-17(40)5-6-25(31,32)33)8-23(41)18-4-3-15(10-20(18)27(37,38)39)22(30)12-19(26(34,35)36)16-9-14(2)24(29)21(28)11-16/h3-4,9-13,19H,5-8H2,1-2H3/b22-12-/t13-,19?/m1/s1. The zero-order chi connectivity index (χ0) is 31.5. The first kappa shape index (κ1) is 34.6. The van der Waals surface area contributed by atoms with Crippen molar-refractivity contribution < 1.29 is 53.5 Å². The van der Waals surface area contributed by atoms with Crippen molar-refractivity contribution in [3.8, 4) is 0 Å². The summed E-state index contributed by atoms with van der Waals surface area (Å²) in [6.07, 6.45) is -18.2. The number of allylic oxidation sites excluding steroid dienone is 1. The van der Waals surface area contributed by atoms with E-state index in [2.05, 4.69) is 0 Å². The van der Waals surface area contributed by atoms with E-state index in [4.69, 9.17) is 23.2 Å². The van der Waals surface area contributed by atoms with E-state index in [9.17, 15) is 49.1 Å². The van der Waals surface area contributed by atoms with Gasteiger partial charge >= 0.3 is 18.5 Å². The minimum atomic E-state index is -5.22. The Hall–Kier alpha value is -2.60. The molecule has 0 aliphatic carbocycles. The maximum atomic E-state index is 15.0. The second-order valence-corrected chi connectivity index (χ2v) is 10.3. The summed E-state index contributed by atoms with van der Waals surface area (Å²) in [4.78, 5) is 24.4. The smallest absolute Gasteiger partial charge is 0.300 e. The molecule has 0 aromatic heterocycles. The summed E-state index contributed by atoms with van der Waals surface area (Å²) in [6, 6.07) is 3.34. The van der Waals surface area contributed by atoms with Gasteiger partial charge < -0.3 is 0 Å². The van der Waals surface area contributed by atoms with Crippen LogP contribution in [-0.4, -0.2) is 23.9 Å². The van der Waals surface area contributed by atoms with Gasteiger partial charge in [0.1, 0.15) is 17.5 Å². The molecule has 2 aromatic carbocycles. The number of carbonyl (C=O) groups excluding carboxylic acids is 2. The Bertz CT molecular complexity index is 1290. The van der Waals surface area contributed by atoms with E-state index in [-0.39, 0.29) is 27.8 Å². The molecule has 0 aliphatic rings. The van der Waals surface area contributed by atoms with E-state index in [0.717, 1.165) is 12.1 Å². The monoisotopic (exact) mass is 638 g/mol. The fourth-order valence-electron chi connectivity index (χ4n) is 4.00. The highest BCUT2D eigenvalue weighted by molar-refractivity contribution is 6.42. The summed E-state index contributed by atoms with van der Waals surface area (Å²) >= 11 is 11.7. The number of alkyl halides is 9. The minimum Gasteiger partial charge on any atom is -0.300 e. The fraction of sp³-hybridized carbons (Fsp3) is 0.407. The lowest BCUT2D eigenvalue weighted by atomic mass is 9.90. The summed E-state index contributed by atoms with van der Waals surface area (Å²) in [7, 11) is 0. The molecular weight excluding hydrogens is 617 g/mol. The van der Waals surface area contributed by atoms with Gasteiger partial charge in [0.2, 0.25) is 0 Å². The lowest BCUT2D eigenvalue weighted by Crippen LogP contribution is -2.19. The van der Waals surface area contributed by atoms with Crippen LogP contribution in [0.5, 0.6) is 0 Å². The van der Waals surface area contributed by atoms with Crippen molar-refractivity contribution in [1.29, 1.82) is 0 Å². The molecule has 0 saturated carbocycles. The lowest BCUT2D eigenvalue weighted by Gasteiger charge is -2.20. The fourth-order valence-corrected chi connectivity index (χ4v) is 4.38. The van der Waals surface area contributed by atoms with E-state index in [0.29, 0.717) is 12.1 Å². The van der Waals surface area contributed by atoms with Crippen LogP contribution in [0.4, 0.5) is 43.9 Å². The molecular formula is C27H22Cl2F10O2. The van der Waals surface area contributed by atoms with Crippen LogP contribution in [0.3, 0.4) is 0 Å². The Balaban J connectivity index is 2.39. The third-order valence-corrected chi connectivity index (χ3v) is 6.85. The summed E-state index contributed by atoms with van der Waals surface area (Å²) < 4.78 is 135. The van der Waals surface area contributed by atoms with Crippen LogP contribution in [0.1, 0.15) is 71.1 Å². The number of hydrogen-bond acceptors (Lipinski definition) is 2. The maximum Gasteiger partial charge on any atom is 0.417 e. The summed E-state index contributed by atoms with van der Waals surface area (Å²) in [6.45, 7) is 2.64. The van der Waals surface area contributed by atoms with Gasteiger partial charge in [-0.05, 0) is 42.2 Å². The van der Waals surface area contributed by atoms with Crippen LogP contribution in [0.25, 0.3) is 5.83 Å². The first-order valence-electron chi connectivity index (χ1n) is 11.8. The molecule has 1 unspecified atom stereocenters. The van der Waals surface area contributed by atoms with E-state index in [1.807, 2.05) is 0 Å². The topological polar surface area (TPSA) is 34.1 Å². The van der Waals surface area contributed by atoms with E-state index >= 15 is 4.39 Å². The second kappa shape index (κ2) is 13.1. The van der Waals surface area contributed by atoms with Gasteiger partial charge in [0.15, 0.2) is 5.78 Å². The maximum absolute atomic E-state index is 15.0. The first-order chi connectivity index (χ1) is 18.6. The van der Waals surface area contributed by atoms with Gasteiger partial charge in [-0.25, -0.2) is 4.39 Å². The van der Waals surface area contributed by atoms with Gasteiger partial charge in [-0.1, -0.05) is 48.3 Å². The minimum absolute atomic E-state index is 0.0316. The molecule has 0 saturated heterocycles. The van der Waals surface area contributed by atoms with Crippen molar-refractivity contribution in [2.75, 3.05) is 0 Å². The van der Waals surface area contributed by atoms with Crippen LogP contribution < -0.4 is 0 Å². The number of rotatable bonds is 10. The average Bonchev–Trinajstić information content (AvgIpc) is 2.82. The molecule has 41 heavy (non-hydrogen) atoms. The number of ketones is 2. The van der Waals surface area contributed by atoms with Crippen molar-refractivity contribution in [3.05, 3.63) is 74.3 Å². The Labute approximate surface area is 238 Å². The quantitative estimate of drug-likeness (QED) is 0.192. The van der Waals surface area contributed by atoms with E-state index < -0.39 is 95.7 Å². The van der Waals surface area contributed by atoms with Crippen molar-refractivity contribution >= 4 is 40.6 Å². The van der Waals surface area contributed by atoms with Crippen molar-refractivity contribution in [1.82, 2.24) is 0 Å². The predicted molar refractivity (Wildman–Crippen MR) is 134 cm³/mol. The number of halogens is 12. The summed E-state index contributed by atoms with van der Waals surface area (Å²) in [5.74, 6) is -7.16. The number of aryl methyl sites for hydroxylation is 1. The van der Waals surface area contributed by atoms with Crippen molar-refractivity contribution in [2.24, 2.45) is 5.92 Å². The molecule has 0 amide bonds. The molecule has 0 spiro atoms. The number of benzene rings is 2. The molecule has 0 heterocycles. The largest absolute Gasteiger partial charge is 0.417 e. The highest BCUT2D eigenvalue weighted by Gasteiger charge is 2.41. The van der Waals surface area contributed by atoms with Gasteiger partial charge in [-0.15, -0.1) is 0 Å². The summed E-state index contributed by atoms with van der Waals surface area (Å²) in [5, 5.41) is -0.279. The molecule has 2 nitrogen and oxygen atoms in total. The van der Waals surface area contributed by atoms with Crippen molar-refractivity contribution in [2.45, 2.75) is 64.0 Å². The Kier molecular flexibility index (Phi) is 11.1. The molecule has 226 valence electrons. The summed E-state index contributed by atoms with van der Waals surface area (Å²) in [5.41, 5.74) is -3.82. The molecule has 0 radical (unpaired) electrons. The third kappa shape index (κ3) is 10.0. The Morgan fingerprint density at radius 2 is 1.54 bits per heavy atom. The molecule has 2 atom stereocenters. The van der Waals surface area contributed by atoms with Crippen LogP contribution in [-0.2, 0) is 11.0 Å². The zero-order valence-electron chi connectivity index (χ0n) is 21.3. The van der Waals surface area contributed by atoms with Gasteiger partial charge in [0.05, 0.1) is 22.0 Å². The molecule has 0 aliphatic heterocycles. The van der Waals surface area contributed by atoms with Crippen LogP contribution >= 0.6 is 23.2 Å². The first-order valence-corrected chi connectivity index (χ1v) is 12.6. The molecule has 0 bridgehead atoms. The van der Waals surface area contributed by atoms with E-state index in [1.54, 1.807) is 0 Å². The average molecular weight is 639 g/mol. The van der Waals surface area contributed by atoms with Crippen LogP contribution in [0.2, 0.25) is 10.0 Å². The number of carbonyl (C=O) groups is 2. The molecule has 2 aromatic rings. The van der Waals surface area contributed by atoms with Gasteiger partial charge in [0.25, 0.3) is 0 Å². The molecule has 0 fully saturated rings. The van der Waals surface area contributed by atoms with E-state index in [1.165, 1.54) is 13.8 Å². The van der Waals surface area contributed by atoms with Crippen LogP contribution in [0.15, 0.2) is 36.4 Å². The van der Waals surface area contributed by atoms with Crippen LogP contribution in [0, 0.1) is 12.8 Å². The van der Waals surface area contributed by atoms with Gasteiger partial charge in [-0.3, -0.25) is 9.59 Å². The molecule has 2 rings (SSSR count). The Morgan fingerprint density at radius 1 is 0.927 bits per heavy atom. The normalized spacial score (nSPS) is 14.6. The predicted octanol–water partition coefficient (Wildman–Crippen LogP) is 10.5. The lowest BCUT2D eigenvalue weighted by molar-refractivity contribution is -0.143. The van der Waals surface area contributed by atoms with Gasteiger partial charge in [-0.2, -0.15) is 39.5 Å². The number of Topliss-reactive ketones (excluding diaryl/α,β-unsaturated/α-hetero) is 2. The Morgan fingerprint density at radius 3 is 2.05 bits per heavy atom. The number of hydrogen-bond donors (Lipinski definition) is 0.